The number of carbonyl (C=O) groups is 2. The molecule has 3 N–H and O–H groups in total. The number of aromatic amines is 1. The fourth-order valence-electron chi connectivity index (χ4n) is 1.36. The first-order chi connectivity index (χ1) is 9.04. The zero-order valence-electron chi connectivity index (χ0n) is 10.0. The largest absolute Gasteiger partial charge is 0.477 e. The fourth-order valence-corrected chi connectivity index (χ4v) is 1.36. The fraction of sp³-hybridized carbons (Fsp3) is 0.0833. The number of hydrogen-bond acceptors (Lipinski definition) is 4. The number of anilines is 1. The number of carbonyl (C=O) groups excluding carboxylic acids is 1. The minimum atomic E-state index is -1.14. The number of aromatic nitrogens is 2. The topological polar surface area (TPSA) is 108 Å². The lowest BCUT2D eigenvalue weighted by Gasteiger charge is -1.94. The molecule has 19 heavy (non-hydrogen) atoms. The van der Waals surface area contributed by atoms with Crippen LogP contribution in [0.2, 0.25) is 0 Å². The molecule has 0 saturated heterocycles. The molecular weight excluding hydrogens is 250 g/mol. The van der Waals surface area contributed by atoms with Gasteiger partial charge in [0, 0.05) is 12.1 Å². The summed E-state index contributed by atoms with van der Waals surface area (Å²) in [6, 6.07) is 4.74. The first-order valence-electron chi connectivity index (χ1n) is 5.39. The van der Waals surface area contributed by atoms with Gasteiger partial charge in [0.2, 0.25) is 5.91 Å². The van der Waals surface area contributed by atoms with Crippen molar-refractivity contribution in [1.82, 2.24) is 10.2 Å². The van der Waals surface area contributed by atoms with Crippen molar-refractivity contribution in [1.29, 1.82) is 0 Å². The molecule has 0 radical (unpaired) electrons. The molecule has 0 fully saturated rings. The van der Waals surface area contributed by atoms with E-state index in [1.165, 1.54) is 18.2 Å². The Labute approximate surface area is 107 Å². The molecule has 2 heterocycles. The van der Waals surface area contributed by atoms with Gasteiger partial charge in [0.1, 0.15) is 17.2 Å². The van der Waals surface area contributed by atoms with Gasteiger partial charge in [0.05, 0.1) is 0 Å². The average Bonchev–Trinajstić information content (AvgIpc) is 2.96. The number of nitrogens with zero attached hydrogens (tertiary/aromatic N) is 1. The summed E-state index contributed by atoms with van der Waals surface area (Å²) in [4.78, 5) is 22.1. The van der Waals surface area contributed by atoms with Crippen LogP contribution in [0, 0.1) is 6.92 Å². The van der Waals surface area contributed by atoms with Crippen LogP contribution in [0.1, 0.15) is 22.0 Å². The van der Waals surface area contributed by atoms with Crippen LogP contribution in [0.25, 0.3) is 6.08 Å². The van der Waals surface area contributed by atoms with Crippen molar-refractivity contribution in [2.45, 2.75) is 6.92 Å². The predicted molar refractivity (Wildman–Crippen MR) is 66.7 cm³/mol. The number of H-pyrrole nitrogens is 1. The van der Waals surface area contributed by atoms with Crippen molar-refractivity contribution >= 4 is 23.8 Å². The van der Waals surface area contributed by atoms with Gasteiger partial charge in [-0.1, -0.05) is 0 Å². The van der Waals surface area contributed by atoms with Crippen LogP contribution in [-0.2, 0) is 4.79 Å². The number of furan rings is 1. The van der Waals surface area contributed by atoms with Crippen molar-refractivity contribution in [2.75, 3.05) is 5.32 Å². The van der Waals surface area contributed by atoms with Crippen LogP contribution in [0.4, 0.5) is 5.82 Å². The predicted octanol–water partition coefficient (Wildman–Crippen LogP) is 1.66. The van der Waals surface area contributed by atoms with Gasteiger partial charge in [-0.15, -0.1) is 0 Å². The molecule has 2 aromatic heterocycles. The molecule has 0 aromatic carbocycles. The lowest BCUT2D eigenvalue weighted by molar-refractivity contribution is -0.111. The van der Waals surface area contributed by atoms with Gasteiger partial charge in [0.15, 0.2) is 5.82 Å². The normalized spacial score (nSPS) is 10.8. The minimum Gasteiger partial charge on any atom is -0.477 e. The van der Waals surface area contributed by atoms with Crippen LogP contribution in [-0.4, -0.2) is 27.2 Å². The molecule has 0 aliphatic heterocycles. The smallest absolute Gasteiger partial charge is 0.353 e. The average molecular weight is 261 g/mol. The Morgan fingerprint density at radius 2 is 2.26 bits per heavy atom. The van der Waals surface area contributed by atoms with Gasteiger partial charge in [0.25, 0.3) is 0 Å². The number of aryl methyl sites for hydroxylation is 1. The quantitative estimate of drug-likeness (QED) is 0.725. The van der Waals surface area contributed by atoms with Gasteiger partial charge in [-0.25, -0.2) is 4.79 Å². The summed E-state index contributed by atoms with van der Waals surface area (Å²) >= 11 is 0. The molecule has 0 saturated carbocycles. The molecule has 0 bridgehead atoms. The summed E-state index contributed by atoms with van der Waals surface area (Å²) < 4.78 is 5.25. The molecule has 1 amide bonds. The number of carboxylic acids is 1. The highest BCUT2D eigenvalue weighted by Crippen LogP contribution is 2.09. The zero-order valence-corrected chi connectivity index (χ0v) is 10.0. The third-order valence-electron chi connectivity index (χ3n) is 2.22. The first-order valence-corrected chi connectivity index (χ1v) is 5.39. The molecule has 0 aliphatic carbocycles. The van der Waals surface area contributed by atoms with Crippen molar-refractivity contribution < 1.29 is 19.1 Å². The molecule has 0 spiro atoms. The van der Waals surface area contributed by atoms with E-state index in [-0.39, 0.29) is 11.5 Å². The number of amides is 1. The standard InChI is InChI=1S/C12H11N3O4/c1-7-2-3-8(19-7)4-5-11(16)13-10-6-9(12(17)18)14-15-10/h2-6H,1H3,(H,17,18)(H2,13,14,15,16). The van der Waals surface area contributed by atoms with E-state index in [0.29, 0.717) is 5.76 Å². The summed E-state index contributed by atoms with van der Waals surface area (Å²) in [5.41, 5.74) is -0.0964. The van der Waals surface area contributed by atoms with Crippen molar-refractivity contribution in [2.24, 2.45) is 0 Å². The Morgan fingerprint density at radius 3 is 2.84 bits per heavy atom. The van der Waals surface area contributed by atoms with Crippen molar-refractivity contribution in [3.05, 3.63) is 41.5 Å². The van der Waals surface area contributed by atoms with E-state index < -0.39 is 11.9 Å². The Hall–Kier alpha value is -2.83. The van der Waals surface area contributed by atoms with E-state index >= 15 is 0 Å². The summed E-state index contributed by atoms with van der Waals surface area (Å²) in [5, 5.41) is 17.0. The second-order valence-electron chi connectivity index (χ2n) is 3.74. The molecule has 0 atom stereocenters. The van der Waals surface area contributed by atoms with Gasteiger partial charge >= 0.3 is 5.97 Å². The first kappa shape index (κ1) is 12.6. The highest BCUT2D eigenvalue weighted by atomic mass is 16.4. The molecule has 2 rings (SSSR count). The molecule has 98 valence electrons. The van der Waals surface area contributed by atoms with Crippen LogP contribution in [0.3, 0.4) is 0 Å². The summed E-state index contributed by atoms with van der Waals surface area (Å²) in [5.74, 6) is -0.130. The van der Waals surface area contributed by atoms with Gasteiger partial charge in [-0.3, -0.25) is 9.89 Å². The second-order valence-corrected chi connectivity index (χ2v) is 3.74. The van der Waals surface area contributed by atoms with Crippen molar-refractivity contribution in [3.63, 3.8) is 0 Å². The van der Waals surface area contributed by atoms with Crippen molar-refractivity contribution in [3.8, 4) is 0 Å². The van der Waals surface area contributed by atoms with E-state index in [1.54, 1.807) is 19.1 Å². The van der Waals surface area contributed by atoms with Gasteiger partial charge in [-0.05, 0) is 25.1 Å². The molecular formula is C12H11N3O4. The summed E-state index contributed by atoms with van der Waals surface area (Å²) in [7, 11) is 0. The van der Waals surface area contributed by atoms with E-state index in [4.69, 9.17) is 9.52 Å². The molecule has 7 nitrogen and oxygen atoms in total. The van der Waals surface area contributed by atoms with Crippen LogP contribution in [0.5, 0.6) is 0 Å². The summed E-state index contributed by atoms with van der Waals surface area (Å²) in [6.07, 6.45) is 2.78. The highest BCUT2D eigenvalue weighted by Gasteiger charge is 2.08. The minimum absolute atomic E-state index is 0.0964. The molecule has 7 heteroatoms. The maximum absolute atomic E-state index is 11.5. The molecule has 0 aliphatic rings. The van der Waals surface area contributed by atoms with Crippen LogP contribution in [0.15, 0.2) is 28.7 Å². The van der Waals surface area contributed by atoms with Gasteiger partial charge in [-0.2, -0.15) is 5.10 Å². The number of aromatic carboxylic acids is 1. The maximum atomic E-state index is 11.5. The SMILES string of the molecule is Cc1ccc(C=CC(=O)Nc2cc(C(=O)O)[nH]n2)o1. The lowest BCUT2D eigenvalue weighted by atomic mass is 10.3. The Morgan fingerprint density at radius 1 is 1.47 bits per heavy atom. The number of rotatable bonds is 4. The van der Waals surface area contributed by atoms with Crippen LogP contribution >= 0.6 is 0 Å². The van der Waals surface area contributed by atoms with E-state index in [1.807, 2.05) is 0 Å². The Kier molecular flexibility index (Phi) is 3.46. The number of carboxylic acid groups (broad SMARTS) is 1. The Bertz CT molecular complexity index is 639. The maximum Gasteiger partial charge on any atom is 0.353 e. The lowest BCUT2D eigenvalue weighted by Crippen LogP contribution is -2.07. The van der Waals surface area contributed by atoms with E-state index in [2.05, 4.69) is 15.5 Å². The third-order valence-corrected chi connectivity index (χ3v) is 2.22. The molecule has 0 unspecified atom stereocenters. The summed E-state index contributed by atoms with van der Waals surface area (Å²) in [6.45, 7) is 1.80. The third kappa shape index (κ3) is 3.32. The zero-order chi connectivity index (χ0) is 13.8. The Balaban J connectivity index is 1.97. The number of nitrogens with one attached hydrogen (secondary N) is 2. The van der Waals surface area contributed by atoms with Crippen LogP contribution < -0.4 is 5.32 Å². The highest BCUT2D eigenvalue weighted by molar-refractivity contribution is 6.01. The monoisotopic (exact) mass is 261 g/mol. The van der Waals surface area contributed by atoms with E-state index in [9.17, 15) is 9.59 Å². The van der Waals surface area contributed by atoms with Gasteiger partial charge < -0.3 is 14.8 Å². The molecule has 2 aromatic rings. The van der Waals surface area contributed by atoms with E-state index in [0.717, 1.165) is 5.76 Å². The second kappa shape index (κ2) is 5.21. The number of hydrogen-bond donors (Lipinski definition) is 3.